The van der Waals surface area contributed by atoms with E-state index in [2.05, 4.69) is 9.72 Å². The van der Waals surface area contributed by atoms with E-state index in [-0.39, 0.29) is 18.8 Å². The van der Waals surface area contributed by atoms with E-state index in [1.54, 1.807) is 0 Å². The van der Waals surface area contributed by atoms with Crippen molar-refractivity contribution < 1.29 is 17.9 Å². The Morgan fingerprint density at radius 2 is 2.07 bits per heavy atom. The van der Waals surface area contributed by atoms with E-state index in [9.17, 15) is 13.2 Å². The van der Waals surface area contributed by atoms with Gasteiger partial charge in [0.2, 0.25) is 0 Å². The van der Waals surface area contributed by atoms with Gasteiger partial charge in [0.15, 0.2) is 0 Å². The van der Waals surface area contributed by atoms with Gasteiger partial charge < -0.3 is 4.74 Å². The second kappa shape index (κ2) is 2.95. The second-order valence-corrected chi connectivity index (χ2v) is 3.31. The summed E-state index contributed by atoms with van der Waals surface area (Å²) in [5.74, 6) is 0. The maximum Gasteiger partial charge on any atom is 0.402 e. The molecule has 2 rings (SSSR count). The van der Waals surface area contributed by atoms with Crippen LogP contribution in [0, 0.1) is 0 Å². The molecule has 1 saturated heterocycles. The Hall–Kier alpha value is -1.10. The Bertz CT molecular complexity index is 319. The number of nitrogens with zero attached hydrogens (tertiary/aromatic N) is 1. The quantitative estimate of drug-likeness (QED) is 0.695. The molecule has 2 heterocycles. The summed E-state index contributed by atoms with van der Waals surface area (Å²) >= 11 is 0. The van der Waals surface area contributed by atoms with Crippen LogP contribution in [0.25, 0.3) is 0 Å². The molecule has 14 heavy (non-hydrogen) atoms. The van der Waals surface area contributed by atoms with Crippen LogP contribution >= 0.6 is 0 Å². The summed E-state index contributed by atoms with van der Waals surface area (Å²) in [6, 6.07) is 2.93. The number of halogens is 3. The molecule has 0 aliphatic carbocycles. The fourth-order valence-corrected chi connectivity index (χ4v) is 1.45. The molecule has 0 atom stereocenters. The molecule has 1 aliphatic heterocycles. The third-order valence-corrected chi connectivity index (χ3v) is 2.45. The lowest BCUT2D eigenvalue weighted by molar-refractivity contribution is -0.262. The van der Waals surface area contributed by atoms with E-state index in [4.69, 9.17) is 0 Å². The predicted molar refractivity (Wildman–Crippen MR) is 42.8 cm³/mol. The molecule has 0 amide bonds. The zero-order chi connectivity index (χ0) is 10.2. The van der Waals surface area contributed by atoms with Gasteiger partial charge in [-0.05, 0) is 11.6 Å². The molecule has 0 spiro atoms. The minimum Gasteiger partial charge on any atom is -0.379 e. The largest absolute Gasteiger partial charge is 0.402 e. The van der Waals surface area contributed by atoms with E-state index in [1.165, 1.54) is 24.5 Å². The van der Waals surface area contributed by atoms with Crippen LogP contribution in [0.4, 0.5) is 13.2 Å². The second-order valence-electron chi connectivity index (χ2n) is 3.31. The number of hydrogen-bond acceptors (Lipinski definition) is 2. The van der Waals surface area contributed by atoms with E-state index in [0.717, 1.165) is 0 Å². The molecule has 2 nitrogen and oxygen atoms in total. The summed E-state index contributed by atoms with van der Waals surface area (Å²) in [7, 11) is 0. The molecule has 0 bridgehead atoms. The monoisotopic (exact) mass is 203 g/mol. The van der Waals surface area contributed by atoms with Crippen molar-refractivity contribution in [3.63, 3.8) is 0 Å². The molecule has 76 valence electrons. The van der Waals surface area contributed by atoms with Crippen LogP contribution in [0.3, 0.4) is 0 Å². The van der Waals surface area contributed by atoms with Crippen molar-refractivity contribution in [2.45, 2.75) is 11.6 Å². The van der Waals surface area contributed by atoms with Gasteiger partial charge in [0.05, 0.1) is 13.2 Å². The molecular weight excluding hydrogens is 195 g/mol. The molecule has 0 aromatic carbocycles. The first-order valence-corrected chi connectivity index (χ1v) is 4.11. The number of aromatic nitrogens is 1. The standard InChI is InChI=1S/C9H8F3NO/c10-9(11,12)8(5-14-6-8)7-2-1-3-13-4-7/h1-4H,5-6H2. The highest BCUT2D eigenvalue weighted by Gasteiger charge is 2.61. The Morgan fingerprint density at radius 3 is 2.43 bits per heavy atom. The molecule has 5 heteroatoms. The summed E-state index contributed by atoms with van der Waals surface area (Å²) in [5, 5.41) is 0. The van der Waals surface area contributed by atoms with E-state index < -0.39 is 11.6 Å². The van der Waals surface area contributed by atoms with Gasteiger partial charge in [-0.2, -0.15) is 13.2 Å². The highest BCUT2D eigenvalue weighted by atomic mass is 19.4. The minimum absolute atomic E-state index is 0.179. The predicted octanol–water partition coefficient (Wildman–Crippen LogP) is 1.91. The fraction of sp³-hybridized carbons (Fsp3) is 0.444. The first-order chi connectivity index (χ1) is 6.56. The van der Waals surface area contributed by atoms with Gasteiger partial charge in [-0.15, -0.1) is 0 Å². The first-order valence-electron chi connectivity index (χ1n) is 4.11. The maximum atomic E-state index is 12.7. The Morgan fingerprint density at radius 1 is 1.36 bits per heavy atom. The lowest BCUT2D eigenvalue weighted by Gasteiger charge is -2.42. The highest BCUT2D eigenvalue weighted by molar-refractivity contribution is 5.27. The summed E-state index contributed by atoms with van der Waals surface area (Å²) < 4.78 is 42.9. The van der Waals surface area contributed by atoms with E-state index in [0.29, 0.717) is 0 Å². The van der Waals surface area contributed by atoms with Crippen molar-refractivity contribution in [2.24, 2.45) is 0 Å². The van der Waals surface area contributed by atoms with E-state index >= 15 is 0 Å². The van der Waals surface area contributed by atoms with Crippen molar-refractivity contribution in [3.05, 3.63) is 30.1 Å². The summed E-state index contributed by atoms with van der Waals surface area (Å²) in [5.41, 5.74) is -1.65. The molecule has 1 aromatic heterocycles. The molecule has 0 saturated carbocycles. The average molecular weight is 203 g/mol. The highest BCUT2D eigenvalue weighted by Crippen LogP contribution is 2.45. The summed E-state index contributed by atoms with van der Waals surface area (Å²) in [6.45, 7) is -0.607. The third kappa shape index (κ3) is 1.19. The third-order valence-electron chi connectivity index (χ3n) is 2.45. The minimum atomic E-state index is -4.27. The average Bonchev–Trinajstić information content (AvgIpc) is 2.01. The van der Waals surface area contributed by atoms with Gasteiger partial charge in [-0.3, -0.25) is 4.98 Å². The van der Waals surface area contributed by atoms with Gasteiger partial charge in [-0.1, -0.05) is 6.07 Å². The SMILES string of the molecule is FC(F)(F)C1(c2cccnc2)COC1. The molecular formula is C9H8F3NO. The van der Waals surface area contributed by atoms with Gasteiger partial charge in [-0.25, -0.2) is 0 Å². The number of ether oxygens (including phenoxy) is 1. The van der Waals surface area contributed by atoms with Gasteiger partial charge in [0.25, 0.3) is 0 Å². The summed E-state index contributed by atoms with van der Waals surface area (Å²) in [6.07, 6.45) is -1.57. The number of hydrogen-bond donors (Lipinski definition) is 0. The van der Waals surface area contributed by atoms with Crippen LogP contribution in [-0.2, 0) is 10.2 Å². The lowest BCUT2D eigenvalue weighted by atomic mass is 9.79. The molecule has 1 aromatic rings. The van der Waals surface area contributed by atoms with Crippen molar-refractivity contribution in [1.29, 1.82) is 0 Å². The molecule has 0 unspecified atom stereocenters. The van der Waals surface area contributed by atoms with Crippen molar-refractivity contribution in [3.8, 4) is 0 Å². The van der Waals surface area contributed by atoms with Crippen molar-refractivity contribution >= 4 is 0 Å². The molecule has 0 N–H and O–H groups in total. The Balaban J connectivity index is 2.39. The van der Waals surface area contributed by atoms with Gasteiger partial charge in [0.1, 0.15) is 5.41 Å². The molecule has 1 aliphatic rings. The molecule has 1 fully saturated rings. The van der Waals surface area contributed by atoms with Crippen LogP contribution in [0.2, 0.25) is 0 Å². The molecule has 0 radical (unpaired) electrons. The Kier molecular flexibility index (Phi) is 1.99. The number of pyridine rings is 1. The maximum absolute atomic E-state index is 12.7. The fourth-order valence-electron chi connectivity index (χ4n) is 1.45. The first kappa shape index (κ1) is 9.45. The van der Waals surface area contributed by atoms with Gasteiger partial charge in [0, 0.05) is 12.4 Å². The van der Waals surface area contributed by atoms with Crippen molar-refractivity contribution in [2.75, 3.05) is 13.2 Å². The topological polar surface area (TPSA) is 22.1 Å². The van der Waals surface area contributed by atoms with Crippen LogP contribution in [0.5, 0.6) is 0 Å². The zero-order valence-corrected chi connectivity index (χ0v) is 7.21. The normalized spacial score (nSPS) is 20.2. The van der Waals surface area contributed by atoms with Crippen molar-refractivity contribution in [1.82, 2.24) is 4.98 Å². The van der Waals surface area contributed by atoms with Crippen LogP contribution in [0.1, 0.15) is 5.56 Å². The number of alkyl halides is 3. The van der Waals surface area contributed by atoms with Crippen LogP contribution in [0.15, 0.2) is 24.5 Å². The Labute approximate surface area is 78.7 Å². The zero-order valence-electron chi connectivity index (χ0n) is 7.21. The van der Waals surface area contributed by atoms with Crippen LogP contribution < -0.4 is 0 Å². The lowest BCUT2D eigenvalue weighted by Crippen LogP contribution is -2.57. The van der Waals surface area contributed by atoms with E-state index in [1.807, 2.05) is 0 Å². The number of rotatable bonds is 1. The summed E-state index contributed by atoms with van der Waals surface area (Å²) in [4.78, 5) is 3.69. The van der Waals surface area contributed by atoms with Gasteiger partial charge >= 0.3 is 6.18 Å². The van der Waals surface area contributed by atoms with Crippen LogP contribution in [-0.4, -0.2) is 24.4 Å². The smallest absolute Gasteiger partial charge is 0.379 e.